The topological polar surface area (TPSA) is 71.1 Å². The fourth-order valence-electron chi connectivity index (χ4n) is 1.66. The van der Waals surface area contributed by atoms with Crippen LogP contribution in [0.25, 0.3) is 0 Å². The zero-order valence-corrected chi connectivity index (χ0v) is 12.4. The molecular formula is C14H14FN3O2S. The van der Waals surface area contributed by atoms with E-state index in [0.717, 1.165) is 11.4 Å². The van der Waals surface area contributed by atoms with E-state index in [9.17, 15) is 14.0 Å². The van der Waals surface area contributed by atoms with Gasteiger partial charge in [0.25, 0.3) is 5.91 Å². The highest BCUT2D eigenvalue weighted by Gasteiger charge is 2.12. The van der Waals surface area contributed by atoms with Crippen LogP contribution in [0, 0.1) is 5.82 Å². The van der Waals surface area contributed by atoms with Crippen LogP contribution in [-0.2, 0) is 11.2 Å². The van der Waals surface area contributed by atoms with Gasteiger partial charge in [-0.25, -0.2) is 9.37 Å². The molecule has 1 heterocycles. The third kappa shape index (κ3) is 3.85. The van der Waals surface area contributed by atoms with Crippen molar-refractivity contribution in [2.24, 2.45) is 0 Å². The van der Waals surface area contributed by atoms with E-state index < -0.39 is 5.82 Å². The van der Waals surface area contributed by atoms with E-state index in [1.807, 2.05) is 6.92 Å². The SMILES string of the molecule is CCc1ncc(C(=O)Nc2ccc(F)c(NC(C)=O)c2)s1. The number of nitrogens with zero attached hydrogens (tertiary/aromatic N) is 1. The minimum absolute atomic E-state index is 0.0267. The third-order valence-corrected chi connectivity index (χ3v) is 3.76. The summed E-state index contributed by atoms with van der Waals surface area (Å²) in [6.07, 6.45) is 2.28. The van der Waals surface area contributed by atoms with Crippen molar-refractivity contribution in [3.05, 3.63) is 40.1 Å². The number of hydrogen-bond acceptors (Lipinski definition) is 4. The maximum Gasteiger partial charge on any atom is 0.267 e. The van der Waals surface area contributed by atoms with Gasteiger partial charge in [-0.15, -0.1) is 11.3 Å². The number of hydrogen-bond donors (Lipinski definition) is 2. The smallest absolute Gasteiger partial charge is 0.267 e. The number of benzene rings is 1. The first kappa shape index (κ1) is 15.1. The number of carbonyl (C=O) groups is 2. The second-order valence-corrected chi connectivity index (χ2v) is 5.42. The van der Waals surface area contributed by atoms with Gasteiger partial charge in [-0.2, -0.15) is 0 Å². The summed E-state index contributed by atoms with van der Waals surface area (Å²) in [5, 5.41) is 5.89. The molecule has 2 amide bonds. The van der Waals surface area contributed by atoms with Gasteiger partial charge < -0.3 is 10.6 Å². The van der Waals surface area contributed by atoms with Gasteiger partial charge in [-0.05, 0) is 24.6 Å². The van der Waals surface area contributed by atoms with E-state index in [0.29, 0.717) is 10.6 Å². The molecule has 0 aliphatic heterocycles. The minimum Gasteiger partial charge on any atom is -0.324 e. The van der Waals surface area contributed by atoms with Crippen molar-refractivity contribution >= 4 is 34.5 Å². The van der Waals surface area contributed by atoms with Crippen molar-refractivity contribution in [2.75, 3.05) is 10.6 Å². The van der Waals surface area contributed by atoms with Crippen LogP contribution in [-0.4, -0.2) is 16.8 Å². The number of amides is 2. The van der Waals surface area contributed by atoms with Gasteiger partial charge in [-0.1, -0.05) is 6.92 Å². The van der Waals surface area contributed by atoms with Crippen LogP contribution in [0.1, 0.15) is 28.5 Å². The first-order valence-corrected chi connectivity index (χ1v) is 7.14. The molecule has 5 nitrogen and oxygen atoms in total. The number of thiazole rings is 1. The van der Waals surface area contributed by atoms with Gasteiger partial charge in [0.05, 0.1) is 16.9 Å². The second kappa shape index (κ2) is 6.45. The van der Waals surface area contributed by atoms with E-state index in [2.05, 4.69) is 15.6 Å². The number of aromatic nitrogens is 1. The molecule has 0 aliphatic carbocycles. The Hall–Kier alpha value is -2.28. The first-order chi connectivity index (χ1) is 9.99. The molecule has 2 N–H and O–H groups in total. The molecular weight excluding hydrogens is 293 g/mol. The van der Waals surface area contributed by atoms with Gasteiger partial charge in [0.15, 0.2) is 0 Å². The Kier molecular flexibility index (Phi) is 4.64. The lowest BCUT2D eigenvalue weighted by Gasteiger charge is -2.08. The largest absolute Gasteiger partial charge is 0.324 e. The zero-order valence-electron chi connectivity index (χ0n) is 11.6. The Bertz CT molecular complexity index is 685. The van der Waals surface area contributed by atoms with Crippen LogP contribution in [0.5, 0.6) is 0 Å². The molecule has 1 aromatic carbocycles. The maximum atomic E-state index is 13.5. The second-order valence-electron chi connectivity index (χ2n) is 4.30. The molecule has 0 fully saturated rings. The number of anilines is 2. The number of carbonyl (C=O) groups excluding carboxylic acids is 2. The molecule has 0 saturated heterocycles. The maximum absolute atomic E-state index is 13.5. The summed E-state index contributed by atoms with van der Waals surface area (Å²) in [6, 6.07) is 3.99. The molecule has 2 rings (SSSR count). The number of nitrogens with one attached hydrogen (secondary N) is 2. The molecule has 0 aliphatic rings. The molecule has 110 valence electrons. The average Bonchev–Trinajstić information content (AvgIpc) is 2.91. The fourth-order valence-corrected chi connectivity index (χ4v) is 2.41. The Morgan fingerprint density at radius 3 is 2.71 bits per heavy atom. The summed E-state index contributed by atoms with van der Waals surface area (Å²) in [5.41, 5.74) is 0.426. The van der Waals surface area contributed by atoms with E-state index in [4.69, 9.17) is 0 Å². The molecule has 0 bridgehead atoms. The number of halogens is 1. The molecule has 0 unspecified atom stereocenters. The predicted octanol–water partition coefficient (Wildman–Crippen LogP) is 3.06. The third-order valence-electron chi connectivity index (χ3n) is 2.61. The lowest BCUT2D eigenvalue weighted by molar-refractivity contribution is -0.114. The summed E-state index contributed by atoms with van der Waals surface area (Å²) < 4.78 is 13.5. The molecule has 2 aromatic rings. The predicted molar refractivity (Wildman–Crippen MR) is 80.1 cm³/mol. The van der Waals surface area contributed by atoms with Gasteiger partial charge in [0.2, 0.25) is 5.91 Å². The molecule has 0 atom stereocenters. The Labute approximate surface area is 125 Å². The van der Waals surface area contributed by atoms with Gasteiger partial charge in [0, 0.05) is 12.6 Å². The van der Waals surface area contributed by atoms with Crippen LogP contribution in [0.4, 0.5) is 15.8 Å². The van der Waals surface area contributed by atoms with Crippen molar-refractivity contribution < 1.29 is 14.0 Å². The van der Waals surface area contributed by atoms with Crippen molar-refractivity contribution in [1.82, 2.24) is 4.98 Å². The van der Waals surface area contributed by atoms with Crippen LogP contribution >= 0.6 is 11.3 Å². The summed E-state index contributed by atoms with van der Waals surface area (Å²) in [7, 11) is 0. The zero-order chi connectivity index (χ0) is 15.4. The molecule has 0 spiro atoms. The van der Waals surface area contributed by atoms with Crippen molar-refractivity contribution in [3.8, 4) is 0 Å². The van der Waals surface area contributed by atoms with Crippen LogP contribution in [0.2, 0.25) is 0 Å². The number of aryl methyl sites for hydroxylation is 1. The standard InChI is InChI=1S/C14H14FN3O2S/c1-3-13-16-7-12(21-13)14(20)18-9-4-5-10(15)11(6-9)17-8(2)19/h4-7H,3H2,1-2H3,(H,17,19)(H,18,20). The van der Waals surface area contributed by atoms with Crippen LogP contribution < -0.4 is 10.6 Å². The van der Waals surface area contributed by atoms with Crippen molar-refractivity contribution in [2.45, 2.75) is 20.3 Å². The lowest BCUT2D eigenvalue weighted by Crippen LogP contribution is -2.12. The van der Waals surface area contributed by atoms with Gasteiger partial charge >= 0.3 is 0 Å². The summed E-state index contributed by atoms with van der Waals surface area (Å²) >= 11 is 1.31. The average molecular weight is 307 g/mol. The first-order valence-electron chi connectivity index (χ1n) is 6.32. The number of rotatable bonds is 4. The van der Waals surface area contributed by atoms with E-state index in [-0.39, 0.29) is 17.5 Å². The van der Waals surface area contributed by atoms with Crippen molar-refractivity contribution in [3.63, 3.8) is 0 Å². The Morgan fingerprint density at radius 1 is 1.33 bits per heavy atom. The lowest BCUT2D eigenvalue weighted by atomic mass is 10.2. The summed E-state index contributed by atoms with van der Waals surface area (Å²) in [4.78, 5) is 27.6. The molecule has 7 heteroatoms. The highest BCUT2D eigenvalue weighted by atomic mass is 32.1. The van der Waals surface area contributed by atoms with E-state index >= 15 is 0 Å². The Morgan fingerprint density at radius 2 is 2.10 bits per heavy atom. The molecule has 1 aromatic heterocycles. The summed E-state index contributed by atoms with van der Waals surface area (Å²) in [6.45, 7) is 3.24. The molecule has 0 radical (unpaired) electrons. The molecule has 21 heavy (non-hydrogen) atoms. The van der Waals surface area contributed by atoms with Crippen LogP contribution in [0.15, 0.2) is 24.4 Å². The minimum atomic E-state index is -0.561. The Balaban J connectivity index is 2.15. The van der Waals surface area contributed by atoms with E-state index in [1.54, 1.807) is 0 Å². The molecule has 0 saturated carbocycles. The van der Waals surface area contributed by atoms with Crippen molar-refractivity contribution in [1.29, 1.82) is 0 Å². The highest BCUT2D eigenvalue weighted by Crippen LogP contribution is 2.21. The highest BCUT2D eigenvalue weighted by molar-refractivity contribution is 7.13. The van der Waals surface area contributed by atoms with Gasteiger partial charge in [-0.3, -0.25) is 9.59 Å². The quantitative estimate of drug-likeness (QED) is 0.912. The van der Waals surface area contributed by atoms with Gasteiger partial charge in [0.1, 0.15) is 10.7 Å². The fraction of sp³-hybridized carbons (Fsp3) is 0.214. The van der Waals surface area contributed by atoms with E-state index in [1.165, 1.54) is 42.7 Å². The van der Waals surface area contributed by atoms with Crippen LogP contribution in [0.3, 0.4) is 0 Å². The summed E-state index contributed by atoms with van der Waals surface area (Å²) in [5.74, 6) is -1.26. The monoisotopic (exact) mass is 307 g/mol. The normalized spacial score (nSPS) is 10.2.